The summed E-state index contributed by atoms with van der Waals surface area (Å²) in [7, 11) is 0. The highest BCUT2D eigenvalue weighted by molar-refractivity contribution is 6.35. The fourth-order valence-electron chi connectivity index (χ4n) is 1.39. The Bertz CT molecular complexity index is 439. The summed E-state index contributed by atoms with van der Waals surface area (Å²) in [5.74, 6) is -0.484. The zero-order valence-electron chi connectivity index (χ0n) is 9.78. The maximum Gasteiger partial charge on any atom is 0.344 e. The summed E-state index contributed by atoms with van der Waals surface area (Å²) in [6, 6.07) is 4.57. The van der Waals surface area contributed by atoms with Crippen LogP contribution in [0.4, 0.5) is 0 Å². The quantitative estimate of drug-likeness (QED) is 0.742. The van der Waals surface area contributed by atoms with E-state index in [9.17, 15) is 4.79 Å². The zero-order chi connectivity index (χ0) is 14.4. The van der Waals surface area contributed by atoms with Crippen LogP contribution in [0.15, 0.2) is 18.2 Å². The largest absolute Gasteiger partial charge is 0.479 e. The number of alkyl halides is 2. The van der Waals surface area contributed by atoms with Gasteiger partial charge in [0.15, 0.2) is 6.10 Å². The van der Waals surface area contributed by atoms with Crippen LogP contribution in [0.5, 0.6) is 5.75 Å². The van der Waals surface area contributed by atoms with Gasteiger partial charge in [-0.15, -0.1) is 23.2 Å². The minimum atomic E-state index is -1.11. The zero-order valence-corrected chi connectivity index (χ0v) is 12.8. The standard InChI is InChI=1S/C12H12Cl4O3/c13-4-3-8(15)6-11(12(17)18)19-10-2-1-7(14)5-9(10)16/h1-2,5,8,11H,3-4,6H2,(H,17,18)/t8?,11-/m0/s1. The predicted molar refractivity (Wildman–Crippen MR) is 78.1 cm³/mol. The summed E-state index contributed by atoms with van der Waals surface area (Å²) >= 11 is 23.2. The molecule has 0 aliphatic rings. The van der Waals surface area contributed by atoms with Crippen LogP contribution in [0.1, 0.15) is 12.8 Å². The molecule has 2 atom stereocenters. The van der Waals surface area contributed by atoms with Crippen LogP contribution in [0.3, 0.4) is 0 Å². The first-order valence-corrected chi connectivity index (χ1v) is 7.21. The van der Waals surface area contributed by atoms with Gasteiger partial charge in [-0.3, -0.25) is 0 Å². The third kappa shape index (κ3) is 5.65. The molecule has 0 saturated carbocycles. The Morgan fingerprint density at radius 1 is 1.37 bits per heavy atom. The number of carboxylic acids is 1. The number of hydrogen-bond acceptors (Lipinski definition) is 2. The van der Waals surface area contributed by atoms with Gasteiger partial charge in [0.2, 0.25) is 0 Å². The molecule has 0 aliphatic heterocycles. The molecule has 0 heterocycles. The molecule has 0 amide bonds. The predicted octanol–water partition coefficient (Wildman–Crippen LogP) is 4.45. The molecule has 106 valence electrons. The summed E-state index contributed by atoms with van der Waals surface area (Å²) < 4.78 is 5.36. The van der Waals surface area contributed by atoms with E-state index in [1.807, 2.05) is 0 Å². The molecule has 3 nitrogen and oxygen atoms in total. The van der Waals surface area contributed by atoms with Crippen molar-refractivity contribution in [1.29, 1.82) is 0 Å². The minimum absolute atomic E-state index is 0.141. The van der Waals surface area contributed by atoms with Crippen LogP contribution in [0.2, 0.25) is 10.0 Å². The molecule has 1 aromatic rings. The molecule has 0 radical (unpaired) electrons. The van der Waals surface area contributed by atoms with Crippen molar-refractivity contribution in [3.05, 3.63) is 28.2 Å². The van der Waals surface area contributed by atoms with Crippen LogP contribution < -0.4 is 4.74 Å². The Labute approximate surface area is 131 Å². The Balaban J connectivity index is 2.75. The fraction of sp³-hybridized carbons (Fsp3) is 0.417. The average Bonchev–Trinajstić information content (AvgIpc) is 2.31. The van der Waals surface area contributed by atoms with E-state index in [2.05, 4.69) is 0 Å². The molecule has 0 aliphatic carbocycles. The summed E-state index contributed by atoms with van der Waals surface area (Å²) in [5, 5.41) is 9.44. The van der Waals surface area contributed by atoms with Gasteiger partial charge in [0.1, 0.15) is 5.75 Å². The number of halogens is 4. The second-order valence-corrected chi connectivity index (χ2v) is 5.67. The number of rotatable bonds is 7. The first-order valence-electron chi connectivity index (χ1n) is 5.48. The number of carboxylic acid groups (broad SMARTS) is 1. The van der Waals surface area contributed by atoms with Gasteiger partial charge in [0.05, 0.1) is 5.02 Å². The second-order valence-electron chi connectivity index (χ2n) is 3.83. The molecule has 1 aromatic carbocycles. The molecule has 7 heteroatoms. The number of hydrogen-bond donors (Lipinski definition) is 1. The number of aliphatic carboxylic acids is 1. The van der Waals surface area contributed by atoms with Crippen LogP contribution in [-0.2, 0) is 4.79 Å². The van der Waals surface area contributed by atoms with Gasteiger partial charge >= 0.3 is 5.97 Å². The normalized spacial score (nSPS) is 13.9. The first kappa shape index (κ1) is 16.7. The summed E-state index contributed by atoms with van der Waals surface area (Å²) in [5.41, 5.74) is 0. The number of carbonyl (C=O) groups is 1. The second kappa shape index (κ2) is 8.05. The Kier molecular flexibility index (Phi) is 7.08. The van der Waals surface area contributed by atoms with Gasteiger partial charge in [-0.25, -0.2) is 4.79 Å². The highest BCUT2D eigenvalue weighted by Crippen LogP contribution is 2.29. The Hall–Kier alpha value is -0.350. The summed E-state index contributed by atoms with van der Waals surface area (Å²) in [4.78, 5) is 11.1. The molecule has 1 unspecified atom stereocenters. The molecule has 0 saturated heterocycles. The van der Waals surface area contributed by atoms with E-state index >= 15 is 0 Å². The fourth-order valence-corrected chi connectivity index (χ4v) is 2.49. The molecule has 0 aromatic heterocycles. The maximum atomic E-state index is 11.1. The molecular weight excluding hydrogens is 334 g/mol. The average molecular weight is 346 g/mol. The smallest absolute Gasteiger partial charge is 0.344 e. The van der Waals surface area contributed by atoms with Gasteiger partial charge in [0, 0.05) is 22.7 Å². The summed E-state index contributed by atoms with van der Waals surface area (Å²) in [6.07, 6.45) is -0.433. The van der Waals surface area contributed by atoms with Gasteiger partial charge in [-0.05, 0) is 24.6 Å². The molecule has 0 bridgehead atoms. The number of benzene rings is 1. The van der Waals surface area contributed by atoms with Gasteiger partial charge in [-0.1, -0.05) is 23.2 Å². The molecule has 19 heavy (non-hydrogen) atoms. The van der Waals surface area contributed by atoms with Crippen LogP contribution >= 0.6 is 46.4 Å². The Morgan fingerprint density at radius 3 is 2.58 bits per heavy atom. The lowest BCUT2D eigenvalue weighted by atomic mass is 10.1. The van der Waals surface area contributed by atoms with Crippen molar-refractivity contribution in [3.8, 4) is 5.75 Å². The van der Waals surface area contributed by atoms with E-state index in [4.69, 9.17) is 56.2 Å². The maximum absolute atomic E-state index is 11.1. The van der Waals surface area contributed by atoms with Gasteiger partial charge in [-0.2, -0.15) is 0 Å². The lowest BCUT2D eigenvalue weighted by Gasteiger charge is -2.18. The topological polar surface area (TPSA) is 46.5 Å². The van der Waals surface area contributed by atoms with Crippen LogP contribution in [0, 0.1) is 0 Å². The molecular formula is C12H12Cl4O3. The third-order valence-corrected chi connectivity index (χ3v) is 3.48. The van der Waals surface area contributed by atoms with Crippen LogP contribution in [-0.4, -0.2) is 28.4 Å². The highest BCUT2D eigenvalue weighted by Gasteiger charge is 2.24. The van der Waals surface area contributed by atoms with E-state index in [1.54, 1.807) is 6.07 Å². The third-order valence-electron chi connectivity index (χ3n) is 2.33. The SMILES string of the molecule is O=C(O)[C@H](CC(Cl)CCCl)Oc1ccc(Cl)cc1Cl. The van der Waals surface area contributed by atoms with Gasteiger partial charge in [0.25, 0.3) is 0 Å². The molecule has 0 fully saturated rings. The lowest BCUT2D eigenvalue weighted by Crippen LogP contribution is -2.30. The van der Waals surface area contributed by atoms with Crippen molar-refractivity contribution < 1.29 is 14.6 Å². The van der Waals surface area contributed by atoms with Crippen molar-refractivity contribution in [2.24, 2.45) is 0 Å². The van der Waals surface area contributed by atoms with E-state index < -0.39 is 12.1 Å². The van der Waals surface area contributed by atoms with Gasteiger partial charge < -0.3 is 9.84 Å². The van der Waals surface area contributed by atoms with E-state index in [-0.39, 0.29) is 22.6 Å². The van der Waals surface area contributed by atoms with E-state index in [1.165, 1.54) is 12.1 Å². The van der Waals surface area contributed by atoms with Crippen molar-refractivity contribution in [1.82, 2.24) is 0 Å². The molecule has 1 rings (SSSR count). The van der Waals surface area contributed by atoms with Crippen molar-refractivity contribution in [2.75, 3.05) is 5.88 Å². The first-order chi connectivity index (χ1) is 8.93. The summed E-state index contributed by atoms with van der Waals surface area (Å²) in [6.45, 7) is 0. The Morgan fingerprint density at radius 2 is 2.05 bits per heavy atom. The van der Waals surface area contributed by atoms with Crippen LogP contribution in [0.25, 0.3) is 0 Å². The number of ether oxygens (including phenoxy) is 1. The van der Waals surface area contributed by atoms with Crippen molar-refractivity contribution >= 4 is 52.4 Å². The van der Waals surface area contributed by atoms with Crippen molar-refractivity contribution in [3.63, 3.8) is 0 Å². The lowest BCUT2D eigenvalue weighted by molar-refractivity contribution is -0.145. The molecule has 0 spiro atoms. The molecule has 1 N–H and O–H groups in total. The van der Waals surface area contributed by atoms with Crippen molar-refractivity contribution in [2.45, 2.75) is 24.3 Å². The van der Waals surface area contributed by atoms with E-state index in [0.717, 1.165) is 0 Å². The monoisotopic (exact) mass is 344 g/mol. The van der Waals surface area contributed by atoms with E-state index in [0.29, 0.717) is 17.3 Å². The highest BCUT2D eigenvalue weighted by atomic mass is 35.5. The minimum Gasteiger partial charge on any atom is -0.479 e.